The summed E-state index contributed by atoms with van der Waals surface area (Å²) in [6, 6.07) is 6.46. The van der Waals surface area contributed by atoms with E-state index < -0.39 is 0 Å². The standard InChI is InChI=1S/C17H24N4/c1-4-18-11-13-9-16(12(2)3)19-17(10-13)21-8-7-15(20-21)14-5-6-14/h7-10,12,14,18H,4-6,11H2,1-3H3. The molecule has 4 nitrogen and oxygen atoms in total. The molecule has 2 aromatic heterocycles. The van der Waals surface area contributed by atoms with Gasteiger partial charge in [-0.15, -0.1) is 0 Å². The van der Waals surface area contributed by atoms with Crippen molar-refractivity contribution in [3.63, 3.8) is 0 Å². The van der Waals surface area contributed by atoms with E-state index in [-0.39, 0.29) is 0 Å². The smallest absolute Gasteiger partial charge is 0.153 e. The van der Waals surface area contributed by atoms with E-state index in [1.165, 1.54) is 24.1 Å². The summed E-state index contributed by atoms with van der Waals surface area (Å²) in [5.74, 6) is 2.03. The van der Waals surface area contributed by atoms with Crippen LogP contribution in [0.1, 0.15) is 62.4 Å². The zero-order valence-corrected chi connectivity index (χ0v) is 13.1. The first kappa shape index (κ1) is 14.3. The Labute approximate surface area is 126 Å². The molecule has 4 heteroatoms. The van der Waals surface area contributed by atoms with E-state index >= 15 is 0 Å². The summed E-state index contributed by atoms with van der Waals surface area (Å²) in [5, 5.41) is 8.08. The van der Waals surface area contributed by atoms with Crippen molar-refractivity contribution in [2.75, 3.05) is 6.54 Å². The molecule has 1 aliphatic rings. The maximum absolute atomic E-state index is 4.78. The molecular formula is C17H24N4. The quantitative estimate of drug-likeness (QED) is 0.884. The molecule has 112 valence electrons. The Morgan fingerprint density at radius 3 is 2.81 bits per heavy atom. The average molecular weight is 284 g/mol. The van der Waals surface area contributed by atoms with Crippen LogP contribution in [0.3, 0.4) is 0 Å². The van der Waals surface area contributed by atoms with E-state index in [0.29, 0.717) is 11.8 Å². The summed E-state index contributed by atoms with van der Waals surface area (Å²) in [4.78, 5) is 4.78. The molecule has 1 fully saturated rings. The topological polar surface area (TPSA) is 42.7 Å². The maximum Gasteiger partial charge on any atom is 0.153 e. The molecule has 0 amide bonds. The number of aromatic nitrogens is 3. The van der Waals surface area contributed by atoms with Crippen LogP contribution in [-0.4, -0.2) is 21.3 Å². The Kier molecular flexibility index (Phi) is 4.06. The molecule has 2 heterocycles. The van der Waals surface area contributed by atoms with E-state index in [4.69, 9.17) is 10.1 Å². The van der Waals surface area contributed by atoms with E-state index in [9.17, 15) is 0 Å². The van der Waals surface area contributed by atoms with Crippen LogP contribution < -0.4 is 5.32 Å². The highest BCUT2D eigenvalue weighted by Crippen LogP contribution is 2.39. The zero-order chi connectivity index (χ0) is 14.8. The first-order valence-corrected chi connectivity index (χ1v) is 7.95. The molecule has 1 saturated carbocycles. The van der Waals surface area contributed by atoms with Crippen LogP contribution in [-0.2, 0) is 6.54 Å². The third-order valence-corrected chi connectivity index (χ3v) is 3.90. The van der Waals surface area contributed by atoms with Crippen LogP contribution in [0.25, 0.3) is 5.82 Å². The van der Waals surface area contributed by atoms with Crippen LogP contribution in [0.5, 0.6) is 0 Å². The van der Waals surface area contributed by atoms with Gasteiger partial charge in [-0.05, 0) is 49.1 Å². The molecule has 3 rings (SSSR count). The maximum atomic E-state index is 4.78. The molecule has 0 radical (unpaired) electrons. The lowest BCUT2D eigenvalue weighted by Gasteiger charge is -2.11. The van der Waals surface area contributed by atoms with Gasteiger partial charge in [0.1, 0.15) is 0 Å². The predicted molar refractivity (Wildman–Crippen MR) is 84.8 cm³/mol. The number of hydrogen-bond donors (Lipinski definition) is 1. The van der Waals surface area contributed by atoms with Crippen molar-refractivity contribution >= 4 is 0 Å². The molecule has 0 aromatic carbocycles. The number of nitrogens with zero attached hydrogens (tertiary/aromatic N) is 3. The summed E-state index contributed by atoms with van der Waals surface area (Å²) >= 11 is 0. The van der Waals surface area contributed by atoms with E-state index in [1.54, 1.807) is 0 Å². The molecule has 0 atom stereocenters. The Morgan fingerprint density at radius 1 is 1.33 bits per heavy atom. The lowest BCUT2D eigenvalue weighted by Crippen LogP contribution is -2.13. The van der Waals surface area contributed by atoms with Gasteiger partial charge in [-0.3, -0.25) is 0 Å². The highest BCUT2D eigenvalue weighted by atomic mass is 15.3. The van der Waals surface area contributed by atoms with Crippen molar-refractivity contribution in [1.29, 1.82) is 0 Å². The molecule has 2 aromatic rings. The summed E-state index contributed by atoms with van der Waals surface area (Å²) in [5.41, 5.74) is 3.61. The van der Waals surface area contributed by atoms with Gasteiger partial charge in [0, 0.05) is 24.4 Å². The number of hydrogen-bond acceptors (Lipinski definition) is 3. The molecule has 21 heavy (non-hydrogen) atoms. The van der Waals surface area contributed by atoms with Gasteiger partial charge < -0.3 is 5.32 Å². The van der Waals surface area contributed by atoms with E-state index in [0.717, 1.165) is 24.6 Å². The van der Waals surface area contributed by atoms with Crippen molar-refractivity contribution in [2.45, 2.75) is 52.0 Å². The molecule has 0 spiro atoms. The summed E-state index contributed by atoms with van der Waals surface area (Å²) in [6.45, 7) is 8.34. The van der Waals surface area contributed by atoms with Gasteiger partial charge in [0.2, 0.25) is 0 Å². The van der Waals surface area contributed by atoms with Crippen LogP contribution in [0, 0.1) is 0 Å². The lowest BCUT2D eigenvalue weighted by molar-refractivity contribution is 0.713. The fourth-order valence-corrected chi connectivity index (χ4v) is 2.44. The molecule has 0 aliphatic heterocycles. The lowest BCUT2D eigenvalue weighted by atomic mass is 10.1. The highest BCUT2D eigenvalue weighted by molar-refractivity contribution is 5.32. The second kappa shape index (κ2) is 5.98. The minimum absolute atomic E-state index is 0.420. The highest BCUT2D eigenvalue weighted by Gasteiger charge is 2.26. The minimum Gasteiger partial charge on any atom is -0.313 e. The minimum atomic E-state index is 0.420. The Hall–Kier alpha value is -1.68. The van der Waals surface area contributed by atoms with Crippen LogP contribution >= 0.6 is 0 Å². The SMILES string of the molecule is CCNCc1cc(C(C)C)nc(-n2ccc(C3CC3)n2)c1. The fraction of sp³-hybridized carbons (Fsp3) is 0.529. The Bertz CT molecular complexity index is 611. The monoisotopic (exact) mass is 284 g/mol. The first-order chi connectivity index (χ1) is 10.2. The third kappa shape index (κ3) is 3.32. The Morgan fingerprint density at radius 2 is 2.14 bits per heavy atom. The molecule has 1 aliphatic carbocycles. The molecule has 1 N–H and O–H groups in total. The Balaban J connectivity index is 1.92. The number of pyridine rings is 1. The third-order valence-electron chi connectivity index (χ3n) is 3.90. The summed E-state index contributed by atoms with van der Waals surface area (Å²) in [7, 11) is 0. The van der Waals surface area contributed by atoms with Gasteiger partial charge >= 0.3 is 0 Å². The second-order valence-corrected chi connectivity index (χ2v) is 6.15. The van der Waals surface area contributed by atoms with Crippen molar-refractivity contribution in [2.24, 2.45) is 0 Å². The van der Waals surface area contributed by atoms with Gasteiger partial charge in [0.25, 0.3) is 0 Å². The molecule has 0 unspecified atom stereocenters. The average Bonchev–Trinajstić information content (AvgIpc) is 3.22. The van der Waals surface area contributed by atoms with E-state index in [2.05, 4.69) is 44.3 Å². The van der Waals surface area contributed by atoms with Gasteiger partial charge in [0.05, 0.1) is 5.69 Å². The molecular weight excluding hydrogens is 260 g/mol. The zero-order valence-electron chi connectivity index (χ0n) is 13.1. The van der Waals surface area contributed by atoms with Gasteiger partial charge in [-0.1, -0.05) is 20.8 Å². The number of rotatable bonds is 6. The molecule has 0 bridgehead atoms. The normalized spacial score (nSPS) is 14.9. The summed E-state index contributed by atoms with van der Waals surface area (Å²) in [6.07, 6.45) is 4.60. The van der Waals surface area contributed by atoms with Gasteiger partial charge in [-0.25, -0.2) is 9.67 Å². The van der Waals surface area contributed by atoms with Gasteiger partial charge in [-0.2, -0.15) is 5.10 Å². The van der Waals surface area contributed by atoms with Crippen molar-refractivity contribution in [1.82, 2.24) is 20.1 Å². The van der Waals surface area contributed by atoms with Crippen LogP contribution in [0.15, 0.2) is 24.4 Å². The first-order valence-electron chi connectivity index (χ1n) is 7.95. The van der Waals surface area contributed by atoms with E-state index in [1.807, 2.05) is 10.9 Å². The molecule has 0 saturated heterocycles. The fourth-order valence-electron chi connectivity index (χ4n) is 2.44. The van der Waals surface area contributed by atoms with Gasteiger partial charge in [0.15, 0.2) is 5.82 Å². The van der Waals surface area contributed by atoms with Crippen molar-refractivity contribution in [3.8, 4) is 5.82 Å². The van der Waals surface area contributed by atoms with Crippen LogP contribution in [0.4, 0.5) is 0 Å². The number of nitrogens with one attached hydrogen (secondary N) is 1. The van der Waals surface area contributed by atoms with Crippen LogP contribution in [0.2, 0.25) is 0 Å². The predicted octanol–water partition coefficient (Wildman–Crippen LogP) is 3.38. The second-order valence-electron chi connectivity index (χ2n) is 6.15. The van der Waals surface area contributed by atoms with Crippen molar-refractivity contribution in [3.05, 3.63) is 41.3 Å². The largest absolute Gasteiger partial charge is 0.313 e. The summed E-state index contributed by atoms with van der Waals surface area (Å²) < 4.78 is 1.93. The van der Waals surface area contributed by atoms with Crippen molar-refractivity contribution < 1.29 is 0 Å².